The third-order valence-electron chi connectivity index (χ3n) is 2.28. The van der Waals surface area contributed by atoms with Gasteiger partial charge >= 0.3 is 0 Å². The summed E-state index contributed by atoms with van der Waals surface area (Å²) in [4.78, 5) is 11.0. The van der Waals surface area contributed by atoms with Gasteiger partial charge in [-0.25, -0.2) is 9.97 Å². The van der Waals surface area contributed by atoms with Crippen LogP contribution in [-0.4, -0.2) is 28.0 Å². The molecule has 18 heavy (non-hydrogen) atoms. The van der Waals surface area contributed by atoms with Crippen LogP contribution in [0.1, 0.15) is 5.82 Å². The molecule has 7 heteroatoms. The summed E-state index contributed by atoms with van der Waals surface area (Å²) < 4.78 is 0. The maximum atomic E-state index is 8.67. The first kappa shape index (κ1) is 12.7. The number of halogens is 1. The third-order valence-corrected chi connectivity index (χ3v) is 3.37. The van der Waals surface area contributed by atoms with Gasteiger partial charge in [0.25, 0.3) is 0 Å². The smallest absolute Gasteiger partial charge is 0.145 e. The molecule has 0 aliphatic carbocycles. The highest BCUT2D eigenvalue weighted by Gasteiger charge is 2.11. The van der Waals surface area contributed by atoms with Gasteiger partial charge in [0, 0.05) is 5.39 Å². The molecule has 0 saturated heterocycles. The van der Waals surface area contributed by atoms with E-state index in [-0.39, 0.29) is 13.1 Å². The van der Waals surface area contributed by atoms with Crippen LogP contribution in [0.2, 0.25) is 5.15 Å². The number of nitrogens with zero attached hydrogens (tertiary/aromatic N) is 5. The van der Waals surface area contributed by atoms with Gasteiger partial charge in [-0.1, -0.05) is 11.6 Å². The van der Waals surface area contributed by atoms with Gasteiger partial charge < -0.3 is 0 Å². The lowest BCUT2D eigenvalue weighted by molar-refractivity contribution is 0.326. The average Bonchev–Trinajstić information content (AvgIpc) is 2.78. The molecule has 0 N–H and O–H groups in total. The Labute approximate surface area is 113 Å². The molecule has 0 unspecified atom stereocenters. The number of nitriles is 2. The lowest BCUT2D eigenvalue weighted by Gasteiger charge is -2.13. The molecule has 2 aromatic heterocycles. The van der Waals surface area contributed by atoms with E-state index >= 15 is 0 Å². The van der Waals surface area contributed by atoms with Crippen molar-refractivity contribution in [1.82, 2.24) is 14.9 Å². The van der Waals surface area contributed by atoms with E-state index in [1.165, 1.54) is 11.3 Å². The highest BCUT2D eigenvalue weighted by atomic mass is 35.5. The highest BCUT2D eigenvalue weighted by molar-refractivity contribution is 7.16. The Morgan fingerprint density at radius 2 is 2.00 bits per heavy atom. The van der Waals surface area contributed by atoms with Crippen LogP contribution in [-0.2, 0) is 6.54 Å². The van der Waals surface area contributed by atoms with Crippen molar-refractivity contribution in [3.63, 3.8) is 0 Å². The molecule has 2 aromatic rings. The van der Waals surface area contributed by atoms with Gasteiger partial charge in [0.1, 0.15) is 15.8 Å². The zero-order valence-corrected chi connectivity index (χ0v) is 10.9. The fourth-order valence-electron chi connectivity index (χ4n) is 1.50. The maximum absolute atomic E-state index is 8.67. The standard InChI is InChI=1S/C11H8ClN5S/c12-10-8-1-6-18-11(8)16-9(15-10)7-17(4-2-13)5-3-14/h1,6H,4-5,7H2. The van der Waals surface area contributed by atoms with E-state index in [4.69, 9.17) is 22.1 Å². The predicted molar refractivity (Wildman–Crippen MR) is 68.9 cm³/mol. The first-order valence-corrected chi connectivity index (χ1v) is 6.36. The van der Waals surface area contributed by atoms with Crippen LogP contribution in [0, 0.1) is 22.7 Å². The number of hydrogen-bond acceptors (Lipinski definition) is 6. The van der Waals surface area contributed by atoms with Gasteiger partial charge in [-0.05, 0) is 11.4 Å². The van der Waals surface area contributed by atoms with Gasteiger partial charge in [-0.15, -0.1) is 11.3 Å². The number of hydrogen-bond donors (Lipinski definition) is 0. The minimum Gasteiger partial charge on any atom is -0.270 e. The lowest BCUT2D eigenvalue weighted by Crippen LogP contribution is -2.25. The second-order valence-electron chi connectivity index (χ2n) is 3.53. The van der Waals surface area contributed by atoms with Gasteiger partial charge in [0.15, 0.2) is 0 Å². The second kappa shape index (κ2) is 5.74. The molecule has 2 rings (SSSR count). The van der Waals surface area contributed by atoms with Crippen molar-refractivity contribution in [1.29, 1.82) is 10.5 Å². The van der Waals surface area contributed by atoms with E-state index in [0.29, 0.717) is 17.5 Å². The van der Waals surface area contributed by atoms with Crippen molar-refractivity contribution in [2.75, 3.05) is 13.1 Å². The Morgan fingerprint density at radius 3 is 2.67 bits per heavy atom. The Hall–Kier alpha value is -1.73. The summed E-state index contributed by atoms with van der Waals surface area (Å²) in [5.74, 6) is 0.528. The third kappa shape index (κ3) is 2.74. The zero-order chi connectivity index (χ0) is 13.0. The summed E-state index contributed by atoms with van der Waals surface area (Å²) in [5, 5.41) is 20.5. The van der Waals surface area contributed by atoms with Crippen molar-refractivity contribution in [3.05, 3.63) is 22.4 Å². The first-order chi connectivity index (χ1) is 8.74. The minimum absolute atomic E-state index is 0.164. The van der Waals surface area contributed by atoms with Gasteiger partial charge in [-0.2, -0.15) is 10.5 Å². The summed E-state index contributed by atoms with van der Waals surface area (Å²) in [6.45, 7) is 0.669. The molecule has 90 valence electrons. The monoisotopic (exact) mass is 277 g/mol. The molecule has 0 radical (unpaired) electrons. The summed E-state index contributed by atoms with van der Waals surface area (Å²) in [5.41, 5.74) is 0. The molecule has 0 aliphatic heterocycles. The zero-order valence-electron chi connectivity index (χ0n) is 9.30. The summed E-state index contributed by atoms with van der Waals surface area (Å²) in [6, 6.07) is 5.89. The Bertz CT molecular complexity index is 623. The van der Waals surface area contributed by atoms with Crippen LogP contribution in [0.3, 0.4) is 0 Å². The molecule has 0 aromatic carbocycles. The number of rotatable bonds is 4. The second-order valence-corrected chi connectivity index (χ2v) is 4.78. The quantitative estimate of drug-likeness (QED) is 0.632. The molecule has 0 spiro atoms. The van der Waals surface area contributed by atoms with Gasteiger partial charge in [0.2, 0.25) is 0 Å². The van der Waals surface area contributed by atoms with Crippen LogP contribution in [0.5, 0.6) is 0 Å². The summed E-state index contributed by atoms with van der Waals surface area (Å²) in [7, 11) is 0. The summed E-state index contributed by atoms with van der Waals surface area (Å²) in [6.07, 6.45) is 0. The highest BCUT2D eigenvalue weighted by Crippen LogP contribution is 2.24. The number of aromatic nitrogens is 2. The SMILES string of the molecule is N#CCN(CC#N)Cc1nc(Cl)c2ccsc2n1. The van der Waals surface area contributed by atoms with E-state index in [2.05, 4.69) is 9.97 Å². The van der Waals surface area contributed by atoms with Crippen molar-refractivity contribution in [2.24, 2.45) is 0 Å². The number of fused-ring (bicyclic) bond motifs is 1. The molecule has 2 heterocycles. The fourth-order valence-corrected chi connectivity index (χ4v) is 2.59. The number of thiophene rings is 1. The molecular formula is C11H8ClN5S. The molecular weight excluding hydrogens is 270 g/mol. The largest absolute Gasteiger partial charge is 0.270 e. The van der Waals surface area contributed by atoms with Crippen LogP contribution in [0.4, 0.5) is 0 Å². The van der Waals surface area contributed by atoms with Crippen LogP contribution >= 0.6 is 22.9 Å². The van der Waals surface area contributed by atoms with Crippen molar-refractivity contribution in [3.8, 4) is 12.1 Å². The first-order valence-electron chi connectivity index (χ1n) is 5.10. The van der Waals surface area contributed by atoms with Crippen molar-refractivity contribution in [2.45, 2.75) is 6.54 Å². The van der Waals surface area contributed by atoms with E-state index in [1.807, 2.05) is 23.6 Å². The van der Waals surface area contributed by atoms with Crippen LogP contribution in [0.25, 0.3) is 10.2 Å². The minimum atomic E-state index is 0.164. The summed E-state index contributed by atoms with van der Waals surface area (Å²) >= 11 is 7.53. The molecule has 0 fully saturated rings. The molecule has 0 atom stereocenters. The van der Waals surface area contributed by atoms with Gasteiger partial charge in [0.05, 0.1) is 31.8 Å². The molecule has 0 aliphatic rings. The molecule has 0 saturated carbocycles. The fraction of sp³-hybridized carbons (Fsp3) is 0.273. The van der Waals surface area contributed by atoms with Crippen molar-refractivity contribution < 1.29 is 0 Å². The van der Waals surface area contributed by atoms with E-state index in [9.17, 15) is 0 Å². The average molecular weight is 278 g/mol. The topological polar surface area (TPSA) is 76.6 Å². The van der Waals surface area contributed by atoms with Gasteiger partial charge in [-0.3, -0.25) is 4.90 Å². The van der Waals surface area contributed by atoms with E-state index in [1.54, 1.807) is 4.90 Å². The maximum Gasteiger partial charge on any atom is 0.145 e. The van der Waals surface area contributed by atoms with E-state index < -0.39 is 0 Å². The Balaban J connectivity index is 2.25. The van der Waals surface area contributed by atoms with E-state index in [0.717, 1.165) is 10.2 Å². The molecule has 0 bridgehead atoms. The van der Waals surface area contributed by atoms with Crippen molar-refractivity contribution >= 4 is 33.2 Å². The van der Waals surface area contributed by atoms with Crippen LogP contribution < -0.4 is 0 Å². The lowest BCUT2D eigenvalue weighted by atomic mass is 10.4. The molecule has 5 nitrogen and oxygen atoms in total. The normalized spacial score (nSPS) is 10.4. The molecule has 0 amide bonds. The predicted octanol–water partition coefficient (Wildman–Crippen LogP) is 2.19. The Kier molecular flexibility index (Phi) is 4.06. The van der Waals surface area contributed by atoms with Crippen LogP contribution in [0.15, 0.2) is 11.4 Å². The Morgan fingerprint density at radius 1 is 1.28 bits per heavy atom.